The lowest BCUT2D eigenvalue weighted by molar-refractivity contribution is -0.172. The summed E-state index contributed by atoms with van der Waals surface area (Å²) in [5, 5.41) is 55.1. The van der Waals surface area contributed by atoms with Gasteiger partial charge < -0.3 is 44.8 Å². The molecule has 352 valence electrons. The van der Waals surface area contributed by atoms with Gasteiger partial charge in [0.1, 0.15) is 18.1 Å². The fraction of sp³-hybridized carbons (Fsp3) is 0.367. The van der Waals surface area contributed by atoms with Crippen LogP contribution in [0.4, 0.5) is 4.79 Å². The Kier molecular flexibility index (Phi) is 11.7. The number of nitrogens with one attached hydrogen (secondary N) is 1. The first-order valence-electron chi connectivity index (χ1n) is 22.6. The van der Waals surface area contributed by atoms with Gasteiger partial charge in [0.15, 0.2) is 11.4 Å². The minimum atomic E-state index is -1.96. The second kappa shape index (κ2) is 17.5. The van der Waals surface area contributed by atoms with Gasteiger partial charge in [0.05, 0.1) is 52.5 Å². The lowest BCUT2D eigenvalue weighted by Gasteiger charge is -2.38. The Morgan fingerprint density at radius 3 is 2.53 bits per heavy atom. The lowest BCUT2D eigenvalue weighted by Crippen LogP contribution is -2.46. The van der Waals surface area contributed by atoms with Gasteiger partial charge in [-0.05, 0) is 84.7 Å². The molecule has 3 amide bonds. The van der Waals surface area contributed by atoms with Gasteiger partial charge in [0.25, 0.3) is 11.5 Å². The summed E-state index contributed by atoms with van der Waals surface area (Å²) < 4.78 is 8.28. The van der Waals surface area contributed by atoms with Crippen LogP contribution in [0.1, 0.15) is 103 Å². The number of likely N-dealkylation sites (N-methyl/N-ethyl adjacent to an activating group) is 1. The van der Waals surface area contributed by atoms with Gasteiger partial charge in [-0.2, -0.15) is 0 Å². The monoisotopic (exact) mass is 925 g/mol. The number of aryl methyl sites for hydroxylation is 1. The molecule has 19 nitrogen and oxygen atoms in total. The fourth-order valence-corrected chi connectivity index (χ4v) is 9.93. The van der Waals surface area contributed by atoms with Crippen molar-refractivity contribution >= 4 is 34.8 Å². The Bertz CT molecular complexity index is 3110. The summed E-state index contributed by atoms with van der Waals surface area (Å²) in [6, 6.07) is 12.8. The van der Waals surface area contributed by atoms with Crippen molar-refractivity contribution in [2.75, 3.05) is 26.7 Å². The van der Waals surface area contributed by atoms with E-state index in [1.54, 1.807) is 49.0 Å². The molecule has 7 heterocycles. The average Bonchev–Trinajstić information content (AvgIpc) is 3.94. The molecule has 4 aromatic heterocycles. The predicted molar refractivity (Wildman–Crippen MR) is 246 cm³/mol. The van der Waals surface area contributed by atoms with Gasteiger partial charge in [-0.1, -0.05) is 33.8 Å². The van der Waals surface area contributed by atoms with Gasteiger partial charge in [-0.25, -0.2) is 14.6 Å². The molecule has 2 aromatic carbocycles. The van der Waals surface area contributed by atoms with Crippen LogP contribution in [0.3, 0.4) is 0 Å². The second-order valence-corrected chi connectivity index (χ2v) is 17.9. The quantitative estimate of drug-likeness (QED) is 0.105. The SMILES string of the molecule is CCc1c2c(nc3ccc(C4CC(C(=O)N(C)CCNC(=O)c5nnc(-c6cc(C(C)C)c(O)cc6O)n5-c5cccnc5)CCN4C(=O)O)cc13)-c1cc3c(c(=O)n1C2)COC(=O)C3(O)CC. The molecule has 68 heavy (non-hydrogen) atoms. The van der Waals surface area contributed by atoms with E-state index >= 15 is 0 Å². The number of fused-ring (bicyclic) bond motifs is 5. The van der Waals surface area contributed by atoms with Gasteiger partial charge in [-0.15, -0.1) is 10.2 Å². The number of piperidine rings is 1. The number of carboxylic acid groups (broad SMARTS) is 1. The summed E-state index contributed by atoms with van der Waals surface area (Å²) in [5.74, 6) is -2.51. The van der Waals surface area contributed by atoms with Crippen molar-refractivity contribution in [3.8, 4) is 40.0 Å². The molecule has 3 aliphatic rings. The Morgan fingerprint density at radius 2 is 1.82 bits per heavy atom. The first-order chi connectivity index (χ1) is 32.6. The number of carbonyl (C=O) groups is 4. The number of likely N-dealkylation sites (tertiary alicyclic amines) is 1. The summed E-state index contributed by atoms with van der Waals surface area (Å²) in [6.45, 7) is 7.69. The van der Waals surface area contributed by atoms with Crippen molar-refractivity contribution in [3.05, 3.63) is 110 Å². The van der Waals surface area contributed by atoms with Gasteiger partial charge in [0, 0.05) is 61.4 Å². The maximum atomic E-state index is 14.1. The molecule has 1 fully saturated rings. The zero-order chi connectivity index (χ0) is 48.3. The molecule has 0 aliphatic carbocycles. The van der Waals surface area contributed by atoms with Crippen molar-refractivity contribution in [3.63, 3.8) is 0 Å². The van der Waals surface area contributed by atoms with E-state index in [9.17, 15) is 44.4 Å². The first-order valence-corrected chi connectivity index (χ1v) is 22.6. The maximum absolute atomic E-state index is 14.1. The highest BCUT2D eigenvalue weighted by molar-refractivity contribution is 5.93. The van der Waals surface area contributed by atoms with E-state index in [-0.39, 0.29) is 103 Å². The number of carbonyl (C=O) groups excluding carboxylic acids is 3. The molecule has 0 spiro atoms. The topological polar surface area (TPSA) is 255 Å². The van der Waals surface area contributed by atoms with Gasteiger partial charge in [0.2, 0.25) is 11.7 Å². The molecule has 0 radical (unpaired) electrons. The minimum absolute atomic E-state index is 0.0241. The molecule has 1 saturated heterocycles. The number of phenols is 2. The minimum Gasteiger partial charge on any atom is -0.508 e. The first kappa shape index (κ1) is 45.5. The number of ether oxygens (including phenoxy) is 1. The van der Waals surface area contributed by atoms with E-state index in [1.165, 1.54) is 26.6 Å². The van der Waals surface area contributed by atoms with E-state index in [1.807, 2.05) is 39.0 Å². The summed E-state index contributed by atoms with van der Waals surface area (Å²) >= 11 is 0. The van der Waals surface area contributed by atoms with E-state index < -0.39 is 35.5 Å². The second-order valence-electron chi connectivity index (χ2n) is 17.9. The van der Waals surface area contributed by atoms with Crippen LogP contribution in [0.5, 0.6) is 11.5 Å². The number of aliphatic hydroxyl groups is 1. The van der Waals surface area contributed by atoms with Crippen molar-refractivity contribution in [1.29, 1.82) is 0 Å². The molecule has 9 rings (SSSR count). The number of amides is 3. The maximum Gasteiger partial charge on any atom is 0.407 e. The normalized spacial score (nSPS) is 18.5. The molecule has 3 atom stereocenters. The molecule has 5 N–H and O–H groups in total. The van der Waals surface area contributed by atoms with Crippen LogP contribution >= 0.6 is 0 Å². The molecule has 6 aromatic rings. The number of rotatable bonds is 11. The molecule has 0 saturated carbocycles. The summed E-state index contributed by atoms with van der Waals surface area (Å²) in [4.78, 5) is 79.1. The molecule has 0 bridgehead atoms. The van der Waals surface area contributed by atoms with E-state index in [2.05, 4.69) is 20.5 Å². The average molecular weight is 926 g/mol. The number of pyridine rings is 3. The Hall–Kier alpha value is -7.67. The Labute approximate surface area is 389 Å². The molecular formula is C49H51N9O10. The third kappa shape index (κ3) is 7.55. The van der Waals surface area contributed by atoms with E-state index in [0.29, 0.717) is 46.6 Å². The highest BCUT2D eigenvalue weighted by Crippen LogP contribution is 2.43. The van der Waals surface area contributed by atoms with Gasteiger partial charge in [-0.3, -0.25) is 23.9 Å². The van der Waals surface area contributed by atoms with Gasteiger partial charge >= 0.3 is 12.1 Å². The molecule has 3 aliphatic heterocycles. The van der Waals surface area contributed by atoms with Crippen LogP contribution in [-0.4, -0.2) is 110 Å². The largest absolute Gasteiger partial charge is 0.508 e. The zero-order valence-corrected chi connectivity index (χ0v) is 38.2. The number of esters is 1. The Balaban J connectivity index is 0.933. The van der Waals surface area contributed by atoms with Crippen LogP contribution in [0, 0.1) is 5.92 Å². The van der Waals surface area contributed by atoms with E-state index in [0.717, 1.165) is 16.5 Å². The summed E-state index contributed by atoms with van der Waals surface area (Å²) in [6.07, 6.45) is 3.07. The predicted octanol–water partition coefficient (Wildman–Crippen LogP) is 5.14. The summed E-state index contributed by atoms with van der Waals surface area (Å²) in [5.41, 5.74) is 3.52. The standard InChI is InChI=1S/C49H51N9O10/c1-6-29-31-17-26(10-11-36(31)52-41-33(29)23-57-38(41)20-35-34(46(57)63)24-68-47(64)49(35,67)7-2)37-18-27(12-15-56(37)48(65)66)45(62)55(5)16-14-51-44(61)43-54-53-42(58(43)28-9-8-13-50-22-28)32-19-30(25(3)4)39(59)21-40(32)60/h8-11,13,17,19-22,25,27,37,59-60,67H,6-7,12,14-16,18,23-24H2,1-5H3,(H,51,61)(H,65,66). The molecular weight excluding hydrogens is 875 g/mol. The summed E-state index contributed by atoms with van der Waals surface area (Å²) in [7, 11) is 1.63. The van der Waals surface area contributed by atoms with Crippen molar-refractivity contribution in [2.45, 2.75) is 84.1 Å². The van der Waals surface area contributed by atoms with Crippen LogP contribution in [-0.2, 0) is 39.5 Å². The Morgan fingerprint density at radius 1 is 1.03 bits per heavy atom. The third-order valence-electron chi connectivity index (χ3n) is 13.7. The number of aromatic hydroxyl groups is 2. The molecule has 3 unspecified atom stereocenters. The number of aromatic nitrogens is 6. The van der Waals surface area contributed by atoms with Crippen molar-refractivity contribution in [2.24, 2.45) is 5.92 Å². The fourth-order valence-electron chi connectivity index (χ4n) is 9.93. The lowest BCUT2D eigenvalue weighted by atomic mass is 9.85. The van der Waals surface area contributed by atoms with Crippen molar-refractivity contribution in [1.82, 2.24) is 44.4 Å². The zero-order valence-electron chi connectivity index (χ0n) is 38.2. The number of nitrogens with zero attached hydrogens (tertiary/aromatic N) is 8. The molecule has 19 heteroatoms. The number of benzene rings is 2. The van der Waals surface area contributed by atoms with Crippen LogP contribution < -0.4 is 10.9 Å². The third-order valence-corrected chi connectivity index (χ3v) is 13.7. The van der Waals surface area contributed by atoms with Crippen molar-refractivity contribution < 1.29 is 44.3 Å². The number of hydrogen-bond donors (Lipinski definition) is 5. The van der Waals surface area contributed by atoms with Crippen LogP contribution in [0.2, 0.25) is 0 Å². The number of phenolic OH excluding ortho intramolecular Hbond substituents is 2. The number of hydrogen-bond acceptors (Lipinski definition) is 13. The highest BCUT2D eigenvalue weighted by Gasteiger charge is 2.46. The van der Waals surface area contributed by atoms with E-state index in [4.69, 9.17) is 9.72 Å². The van der Waals surface area contributed by atoms with Crippen LogP contribution in [0.15, 0.2) is 65.7 Å². The number of cyclic esters (lactones) is 1. The highest BCUT2D eigenvalue weighted by atomic mass is 16.6. The smallest absolute Gasteiger partial charge is 0.407 e. The van der Waals surface area contributed by atoms with Crippen LogP contribution in [0.25, 0.3) is 39.4 Å².